The lowest BCUT2D eigenvalue weighted by Crippen LogP contribution is -2.11. The van der Waals surface area contributed by atoms with Gasteiger partial charge in [-0.05, 0) is 13.3 Å². The Morgan fingerprint density at radius 2 is 2.00 bits per heavy atom. The second kappa shape index (κ2) is 6.58. The fourth-order valence-electron chi connectivity index (χ4n) is 1.24. The summed E-state index contributed by atoms with van der Waals surface area (Å²) in [6, 6.07) is 0. The van der Waals surface area contributed by atoms with E-state index in [0.717, 1.165) is 25.9 Å². The number of rotatable bonds is 7. The molecule has 0 saturated heterocycles. The lowest BCUT2D eigenvalue weighted by molar-refractivity contribution is -0.200. The molecular formula is C9H20O3P-. The van der Waals surface area contributed by atoms with Gasteiger partial charge in [0.2, 0.25) is 0 Å². The largest absolute Gasteiger partial charge is 0.779 e. The zero-order valence-corrected chi connectivity index (χ0v) is 9.68. The normalized spacial score (nSPS) is 18.2. The molecule has 3 nitrogen and oxygen atoms in total. The van der Waals surface area contributed by atoms with Gasteiger partial charge < -0.3 is 14.0 Å². The van der Waals surface area contributed by atoms with Crippen molar-refractivity contribution in [2.24, 2.45) is 0 Å². The molecule has 0 aliphatic heterocycles. The number of unbranched alkanes of at least 4 members (excludes halogenated alkanes) is 3. The van der Waals surface area contributed by atoms with E-state index in [-0.39, 0.29) is 6.10 Å². The van der Waals surface area contributed by atoms with Gasteiger partial charge in [-0.25, -0.2) is 0 Å². The van der Waals surface area contributed by atoms with Crippen LogP contribution in [0.25, 0.3) is 0 Å². The highest BCUT2D eigenvalue weighted by Crippen LogP contribution is 2.34. The van der Waals surface area contributed by atoms with E-state index in [1.54, 1.807) is 6.92 Å². The van der Waals surface area contributed by atoms with E-state index in [0.29, 0.717) is 0 Å². The van der Waals surface area contributed by atoms with Gasteiger partial charge in [0.05, 0.1) is 6.10 Å². The maximum atomic E-state index is 10.7. The highest BCUT2D eigenvalue weighted by Gasteiger charge is 2.07. The second-order valence-corrected chi connectivity index (χ2v) is 5.29. The quantitative estimate of drug-likeness (QED) is 0.476. The van der Waals surface area contributed by atoms with E-state index in [1.807, 2.05) is 0 Å². The Labute approximate surface area is 81.0 Å². The molecule has 0 radical (unpaired) electrons. The summed E-state index contributed by atoms with van der Waals surface area (Å²) >= 11 is 0. The third-order valence-corrected chi connectivity index (χ3v) is 2.58. The van der Waals surface area contributed by atoms with E-state index >= 15 is 0 Å². The lowest BCUT2D eigenvalue weighted by atomic mass is 10.1. The van der Waals surface area contributed by atoms with E-state index in [2.05, 4.69) is 6.92 Å². The summed E-state index contributed by atoms with van der Waals surface area (Å²) in [6.07, 6.45) is 5.30. The third-order valence-electron chi connectivity index (χ3n) is 1.84. The molecule has 13 heavy (non-hydrogen) atoms. The van der Waals surface area contributed by atoms with Gasteiger partial charge in [-0.1, -0.05) is 32.6 Å². The molecule has 0 aliphatic carbocycles. The van der Waals surface area contributed by atoms with Crippen LogP contribution in [0.4, 0.5) is 0 Å². The van der Waals surface area contributed by atoms with E-state index in [1.165, 1.54) is 12.8 Å². The summed E-state index contributed by atoms with van der Waals surface area (Å²) in [6.45, 7) is 5.08. The summed E-state index contributed by atoms with van der Waals surface area (Å²) in [5.41, 5.74) is 0. The minimum atomic E-state index is -3.53. The Bertz CT molecular complexity index is 164. The lowest BCUT2D eigenvalue weighted by Gasteiger charge is -2.22. The van der Waals surface area contributed by atoms with Gasteiger partial charge in [-0.15, -0.1) is 0 Å². The Hall–Kier alpha value is 0.150. The Morgan fingerprint density at radius 1 is 1.38 bits per heavy atom. The molecule has 0 aliphatic rings. The van der Waals surface area contributed by atoms with Crippen LogP contribution in [0, 0.1) is 0 Å². The molecule has 0 spiro atoms. The average Bonchev–Trinajstić information content (AvgIpc) is 1.94. The summed E-state index contributed by atoms with van der Waals surface area (Å²) < 4.78 is 15.6. The molecule has 0 bridgehead atoms. The summed E-state index contributed by atoms with van der Waals surface area (Å²) in [4.78, 5) is 10.7. The zero-order chi connectivity index (χ0) is 10.3. The number of hydrogen-bond acceptors (Lipinski definition) is 3. The SMILES string of the molecule is CCCCCCC(C)OP(C)(=O)[O-]. The van der Waals surface area contributed by atoms with Crippen molar-refractivity contribution in [2.45, 2.75) is 52.1 Å². The first-order valence-electron chi connectivity index (χ1n) is 4.92. The standard InChI is InChI=1S/C9H21O3P/c1-4-5-6-7-8-9(2)12-13(3,10)11/h9H,4-8H2,1-3H3,(H,10,11)/p-1. The van der Waals surface area contributed by atoms with Gasteiger partial charge >= 0.3 is 0 Å². The maximum absolute atomic E-state index is 10.7. The van der Waals surface area contributed by atoms with Crippen LogP contribution in [0.1, 0.15) is 46.0 Å². The smallest absolute Gasteiger partial charge is 0.132 e. The summed E-state index contributed by atoms with van der Waals surface area (Å²) in [5, 5.41) is 0. The molecule has 2 unspecified atom stereocenters. The van der Waals surface area contributed by atoms with Gasteiger partial charge in [0.25, 0.3) is 0 Å². The maximum Gasteiger partial charge on any atom is 0.132 e. The molecule has 0 aromatic heterocycles. The van der Waals surface area contributed by atoms with Gasteiger partial charge in [0, 0.05) is 6.66 Å². The van der Waals surface area contributed by atoms with Gasteiger partial charge in [-0.2, -0.15) is 0 Å². The van der Waals surface area contributed by atoms with Crippen molar-refractivity contribution in [3.05, 3.63) is 0 Å². The van der Waals surface area contributed by atoms with Crippen molar-refractivity contribution in [2.75, 3.05) is 6.66 Å². The predicted molar refractivity (Wildman–Crippen MR) is 52.8 cm³/mol. The fraction of sp³-hybridized carbons (Fsp3) is 1.00. The van der Waals surface area contributed by atoms with Crippen LogP contribution < -0.4 is 4.89 Å². The molecule has 0 aromatic carbocycles. The third kappa shape index (κ3) is 10.1. The molecule has 0 heterocycles. The molecule has 0 amide bonds. The molecule has 80 valence electrons. The summed E-state index contributed by atoms with van der Waals surface area (Å²) in [7, 11) is -3.53. The van der Waals surface area contributed by atoms with Gasteiger partial charge in [-0.3, -0.25) is 0 Å². The van der Waals surface area contributed by atoms with Crippen LogP contribution in [0.5, 0.6) is 0 Å². The molecule has 0 saturated carbocycles. The topological polar surface area (TPSA) is 49.4 Å². The Morgan fingerprint density at radius 3 is 2.46 bits per heavy atom. The second-order valence-electron chi connectivity index (χ2n) is 3.54. The molecule has 0 aromatic rings. The van der Waals surface area contributed by atoms with Crippen LogP contribution in [-0.2, 0) is 9.09 Å². The van der Waals surface area contributed by atoms with Crippen LogP contribution in [0.15, 0.2) is 0 Å². The molecule has 0 rings (SSSR count). The van der Waals surface area contributed by atoms with Gasteiger partial charge in [0.15, 0.2) is 0 Å². The monoisotopic (exact) mass is 207 g/mol. The molecule has 4 heteroatoms. The van der Waals surface area contributed by atoms with Crippen molar-refractivity contribution in [3.8, 4) is 0 Å². The highest BCUT2D eigenvalue weighted by atomic mass is 31.2. The van der Waals surface area contributed by atoms with Crippen molar-refractivity contribution in [1.82, 2.24) is 0 Å². The fourth-order valence-corrected chi connectivity index (χ4v) is 2.00. The van der Waals surface area contributed by atoms with Crippen molar-refractivity contribution in [3.63, 3.8) is 0 Å². The first kappa shape index (κ1) is 13.2. The van der Waals surface area contributed by atoms with Crippen molar-refractivity contribution < 1.29 is 14.0 Å². The molecule has 2 atom stereocenters. The van der Waals surface area contributed by atoms with E-state index < -0.39 is 7.60 Å². The zero-order valence-electron chi connectivity index (χ0n) is 8.78. The predicted octanol–water partition coefficient (Wildman–Crippen LogP) is 2.55. The van der Waals surface area contributed by atoms with Crippen LogP contribution in [0.3, 0.4) is 0 Å². The van der Waals surface area contributed by atoms with Gasteiger partial charge in [0.1, 0.15) is 7.60 Å². The Balaban J connectivity index is 3.41. The first-order chi connectivity index (χ1) is 5.95. The van der Waals surface area contributed by atoms with Crippen LogP contribution in [-0.4, -0.2) is 12.8 Å². The average molecular weight is 207 g/mol. The number of hydrogen-bond donors (Lipinski definition) is 0. The van der Waals surface area contributed by atoms with E-state index in [4.69, 9.17) is 4.52 Å². The van der Waals surface area contributed by atoms with E-state index in [9.17, 15) is 9.46 Å². The minimum Gasteiger partial charge on any atom is -0.779 e. The molecule has 0 fully saturated rings. The van der Waals surface area contributed by atoms with Crippen LogP contribution in [0.2, 0.25) is 0 Å². The van der Waals surface area contributed by atoms with Crippen LogP contribution >= 0.6 is 7.60 Å². The minimum absolute atomic E-state index is 0.162. The van der Waals surface area contributed by atoms with Crippen molar-refractivity contribution in [1.29, 1.82) is 0 Å². The summed E-state index contributed by atoms with van der Waals surface area (Å²) in [5.74, 6) is 0. The highest BCUT2D eigenvalue weighted by molar-refractivity contribution is 7.50. The molecule has 0 N–H and O–H groups in total. The Kier molecular flexibility index (Phi) is 6.66. The van der Waals surface area contributed by atoms with Crippen molar-refractivity contribution >= 4 is 7.60 Å². The molecular weight excluding hydrogens is 187 g/mol. The first-order valence-corrected chi connectivity index (χ1v) is 6.91.